The summed E-state index contributed by atoms with van der Waals surface area (Å²) in [6, 6.07) is 7.84. The highest BCUT2D eigenvalue weighted by Gasteiger charge is 2.27. The largest absolute Gasteiger partial charge is 0.478 e. The smallest absolute Gasteiger partial charge is 0.339 e. The van der Waals surface area contributed by atoms with Crippen LogP contribution in [0.5, 0.6) is 0 Å². The van der Waals surface area contributed by atoms with Gasteiger partial charge >= 0.3 is 11.9 Å². The van der Waals surface area contributed by atoms with Gasteiger partial charge in [0.2, 0.25) is 9.84 Å². The number of sulfone groups is 1. The van der Waals surface area contributed by atoms with Crippen LogP contribution >= 0.6 is 0 Å². The monoisotopic (exact) mass is 349 g/mol. The lowest BCUT2D eigenvalue weighted by molar-refractivity contribution is 0.0595. The average molecular weight is 349 g/mol. The Hall–Kier alpha value is -2.87. The van der Waals surface area contributed by atoms with E-state index in [1.165, 1.54) is 37.3 Å². The molecule has 126 valence electrons. The number of hydrogen-bond donors (Lipinski definition) is 2. The fraction of sp³-hybridized carbons (Fsp3) is 0.125. The Kier molecular flexibility index (Phi) is 4.61. The van der Waals surface area contributed by atoms with Crippen LogP contribution in [0.25, 0.3) is 0 Å². The molecule has 0 aliphatic carbocycles. The summed E-state index contributed by atoms with van der Waals surface area (Å²) in [6.45, 7) is 1.47. The van der Waals surface area contributed by atoms with Crippen molar-refractivity contribution >= 4 is 27.5 Å². The van der Waals surface area contributed by atoms with Gasteiger partial charge in [-0.05, 0) is 36.8 Å². The van der Waals surface area contributed by atoms with Crippen LogP contribution in [0.4, 0.5) is 5.69 Å². The van der Waals surface area contributed by atoms with E-state index in [0.717, 1.165) is 13.2 Å². The third kappa shape index (κ3) is 2.95. The van der Waals surface area contributed by atoms with E-state index in [-0.39, 0.29) is 32.2 Å². The van der Waals surface area contributed by atoms with E-state index >= 15 is 0 Å². The third-order valence-electron chi connectivity index (χ3n) is 3.46. The number of carboxylic acids is 1. The first-order valence-electron chi connectivity index (χ1n) is 6.76. The van der Waals surface area contributed by atoms with Crippen molar-refractivity contribution in [2.45, 2.75) is 16.7 Å². The van der Waals surface area contributed by atoms with E-state index < -0.39 is 21.8 Å². The zero-order chi connectivity index (χ0) is 18.1. The number of aromatic carboxylic acids is 1. The number of hydrogen-bond acceptors (Lipinski definition) is 6. The molecule has 0 spiro atoms. The summed E-state index contributed by atoms with van der Waals surface area (Å²) in [5.74, 6) is -2.01. The number of nitrogens with two attached hydrogens (primary N) is 1. The lowest BCUT2D eigenvalue weighted by atomic mass is 10.1. The van der Waals surface area contributed by atoms with Gasteiger partial charge in [0, 0.05) is 0 Å². The number of anilines is 1. The van der Waals surface area contributed by atoms with Crippen LogP contribution in [-0.4, -0.2) is 32.6 Å². The number of rotatable bonds is 4. The Labute approximate surface area is 138 Å². The van der Waals surface area contributed by atoms with Gasteiger partial charge in [-0.1, -0.05) is 12.1 Å². The number of aryl methyl sites for hydroxylation is 1. The minimum atomic E-state index is -4.14. The molecule has 24 heavy (non-hydrogen) atoms. The summed E-state index contributed by atoms with van der Waals surface area (Å²) in [5, 5.41) is 9.08. The van der Waals surface area contributed by atoms with E-state index in [1.807, 2.05) is 0 Å². The van der Waals surface area contributed by atoms with Crippen molar-refractivity contribution in [3.05, 3.63) is 53.1 Å². The first kappa shape index (κ1) is 17.5. The summed E-state index contributed by atoms with van der Waals surface area (Å²) >= 11 is 0. The van der Waals surface area contributed by atoms with Crippen molar-refractivity contribution in [3.63, 3.8) is 0 Å². The van der Waals surface area contributed by atoms with Crippen molar-refractivity contribution in [2.75, 3.05) is 12.8 Å². The number of nitrogen functional groups attached to an aromatic ring is 1. The molecule has 0 radical (unpaired) electrons. The third-order valence-corrected chi connectivity index (χ3v) is 5.33. The quantitative estimate of drug-likeness (QED) is 0.638. The molecular formula is C16H15NO6S. The molecule has 0 bridgehead atoms. The van der Waals surface area contributed by atoms with Crippen LogP contribution in [0.15, 0.2) is 46.2 Å². The summed E-state index contributed by atoms with van der Waals surface area (Å²) < 4.78 is 30.4. The second kappa shape index (κ2) is 6.32. The van der Waals surface area contributed by atoms with Crippen molar-refractivity contribution in [1.29, 1.82) is 0 Å². The van der Waals surface area contributed by atoms with Crippen LogP contribution in [0.1, 0.15) is 26.3 Å². The van der Waals surface area contributed by atoms with Gasteiger partial charge in [-0.15, -0.1) is 0 Å². The number of benzene rings is 2. The average Bonchev–Trinajstić information content (AvgIpc) is 2.55. The summed E-state index contributed by atoms with van der Waals surface area (Å²) in [4.78, 5) is 22.4. The lowest BCUT2D eigenvalue weighted by Crippen LogP contribution is -2.13. The lowest BCUT2D eigenvalue weighted by Gasteiger charge is -2.13. The Balaban J connectivity index is 2.72. The van der Waals surface area contributed by atoms with Gasteiger partial charge in [-0.2, -0.15) is 0 Å². The van der Waals surface area contributed by atoms with Crippen molar-refractivity contribution in [2.24, 2.45) is 0 Å². The van der Waals surface area contributed by atoms with E-state index in [2.05, 4.69) is 4.74 Å². The Morgan fingerprint density at radius 1 is 1.08 bits per heavy atom. The molecule has 3 N–H and O–H groups in total. The summed E-state index contributed by atoms with van der Waals surface area (Å²) in [6.07, 6.45) is 0. The Morgan fingerprint density at radius 3 is 2.29 bits per heavy atom. The Morgan fingerprint density at radius 2 is 1.71 bits per heavy atom. The first-order chi connectivity index (χ1) is 11.2. The number of ether oxygens (including phenoxy) is 1. The van der Waals surface area contributed by atoms with Gasteiger partial charge in [0.15, 0.2) is 0 Å². The maximum absolute atomic E-state index is 12.9. The van der Waals surface area contributed by atoms with Crippen LogP contribution in [0, 0.1) is 6.92 Å². The molecule has 0 heterocycles. The molecule has 2 rings (SSSR count). The van der Waals surface area contributed by atoms with Crippen molar-refractivity contribution < 1.29 is 27.9 Å². The molecule has 8 heteroatoms. The van der Waals surface area contributed by atoms with E-state index in [0.29, 0.717) is 0 Å². The normalized spacial score (nSPS) is 11.1. The van der Waals surface area contributed by atoms with Gasteiger partial charge in [0.25, 0.3) is 0 Å². The van der Waals surface area contributed by atoms with Crippen LogP contribution < -0.4 is 5.73 Å². The van der Waals surface area contributed by atoms with E-state index in [1.54, 1.807) is 0 Å². The topological polar surface area (TPSA) is 124 Å². The zero-order valence-corrected chi connectivity index (χ0v) is 13.8. The van der Waals surface area contributed by atoms with Crippen LogP contribution in [0.3, 0.4) is 0 Å². The van der Waals surface area contributed by atoms with Crippen molar-refractivity contribution in [1.82, 2.24) is 0 Å². The number of carbonyl (C=O) groups is 2. The minimum Gasteiger partial charge on any atom is -0.478 e. The maximum Gasteiger partial charge on any atom is 0.339 e. The molecule has 7 nitrogen and oxygen atoms in total. The first-order valence-corrected chi connectivity index (χ1v) is 8.24. The fourth-order valence-corrected chi connectivity index (χ4v) is 3.90. The zero-order valence-electron chi connectivity index (χ0n) is 12.9. The molecular weight excluding hydrogens is 334 g/mol. The maximum atomic E-state index is 12.9. The van der Waals surface area contributed by atoms with Crippen LogP contribution in [0.2, 0.25) is 0 Å². The predicted octanol–water partition coefficient (Wildman–Crippen LogP) is 1.89. The van der Waals surface area contributed by atoms with E-state index in [4.69, 9.17) is 10.8 Å². The predicted molar refractivity (Wildman–Crippen MR) is 85.8 cm³/mol. The molecule has 0 aromatic heterocycles. The molecule has 0 saturated carbocycles. The summed E-state index contributed by atoms with van der Waals surface area (Å²) in [5.41, 5.74) is 5.57. The van der Waals surface area contributed by atoms with Gasteiger partial charge in [0.05, 0.1) is 33.7 Å². The number of carboxylic acid groups (broad SMARTS) is 1. The SMILES string of the molecule is COC(=O)c1ccccc1S(=O)(=O)c1cc(C)c(C(=O)O)cc1N. The van der Waals surface area contributed by atoms with Gasteiger partial charge in [-0.25, -0.2) is 18.0 Å². The minimum absolute atomic E-state index is 0.0901. The highest BCUT2D eigenvalue weighted by molar-refractivity contribution is 7.91. The number of methoxy groups -OCH3 is 1. The second-order valence-corrected chi connectivity index (χ2v) is 6.89. The molecule has 0 aliphatic rings. The Bertz CT molecular complexity index is 934. The molecule has 0 amide bonds. The van der Waals surface area contributed by atoms with Crippen molar-refractivity contribution in [3.8, 4) is 0 Å². The second-order valence-electron chi connectivity index (χ2n) is 5.00. The molecule has 0 atom stereocenters. The number of esters is 1. The van der Waals surface area contributed by atoms with E-state index in [9.17, 15) is 18.0 Å². The number of carbonyl (C=O) groups excluding carboxylic acids is 1. The molecule has 2 aromatic carbocycles. The summed E-state index contributed by atoms with van der Waals surface area (Å²) in [7, 11) is -2.99. The molecule has 0 fully saturated rings. The van der Waals surface area contributed by atoms with Gasteiger partial charge < -0.3 is 15.6 Å². The van der Waals surface area contributed by atoms with Gasteiger partial charge in [-0.3, -0.25) is 0 Å². The van der Waals surface area contributed by atoms with Gasteiger partial charge in [0.1, 0.15) is 0 Å². The fourth-order valence-electron chi connectivity index (χ4n) is 2.26. The standard InChI is InChI=1S/C16H15NO6S/c1-9-7-14(12(17)8-11(9)15(18)19)24(21,22)13-6-4-3-5-10(13)16(20)23-2/h3-8H,17H2,1-2H3,(H,18,19). The molecule has 2 aromatic rings. The highest BCUT2D eigenvalue weighted by atomic mass is 32.2. The molecule has 0 aliphatic heterocycles. The molecule has 0 saturated heterocycles. The highest BCUT2D eigenvalue weighted by Crippen LogP contribution is 2.30. The molecule has 0 unspecified atom stereocenters. The van der Waals surface area contributed by atoms with Crippen LogP contribution in [-0.2, 0) is 14.6 Å².